The van der Waals surface area contributed by atoms with E-state index in [4.69, 9.17) is 16.3 Å². The summed E-state index contributed by atoms with van der Waals surface area (Å²) in [7, 11) is 1.57. The number of rotatable bonds is 3. The maximum Gasteiger partial charge on any atom is 0.272 e. The summed E-state index contributed by atoms with van der Waals surface area (Å²) >= 11 is 5.89. The van der Waals surface area contributed by atoms with Gasteiger partial charge in [0.15, 0.2) is 5.65 Å². The van der Waals surface area contributed by atoms with Crippen LogP contribution in [0.5, 0.6) is 0 Å². The lowest BCUT2D eigenvalue weighted by Crippen LogP contribution is -2.15. The SMILES string of the molecule is COCc1cc(=O)n2[nH]cc(-c3ccc(Cl)cc3)c2n1. The van der Waals surface area contributed by atoms with Crippen LogP contribution >= 0.6 is 11.6 Å². The molecule has 0 atom stereocenters. The van der Waals surface area contributed by atoms with Gasteiger partial charge < -0.3 is 4.74 Å². The zero-order valence-corrected chi connectivity index (χ0v) is 11.5. The highest BCUT2D eigenvalue weighted by molar-refractivity contribution is 6.30. The number of ether oxygens (including phenoxy) is 1. The van der Waals surface area contributed by atoms with E-state index in [1.807, 2.05) is 12.1 Å². The Morgan fingerprint density at radius 1 is 1.35 bits per heavy atom. The number of methoxy groups -OCH3 is 1. The lowest BCUT2D eigenvalue weighted by molar-refractivity contribution is 0.181. The van der Waals surface area contributed by atoms with Crippen LogP contribution in [0.2, 0.25) is 5.02 Å². The number of aromatic nitrogens is 3. The molecule has 1 N–H and O–H groups in total. The topological polar surface area (TPSA) is 59.4 Å². The summed E-state index contributed by atoms with van der Waals surface area (Å²) in [6, 6.07) is 8.84. The molecule has 0 saturated heterocycles. The number of fused-ring (bicyclic) bond motifs is 1. The molecule has 5 nitrogen and oxygen atoms in total. The molecule has 0 amide bonds. The second-order valence-electron chi connectivity index (χ2n) is 4.37. The number of aromatic amines is 1. The zero-order chi connectivity index (χ0) is 14.1. The van der Waals surface area contributed by atoms with E-state index in [1.165, 1.54) is 10.6 Å². The first kappa shape index (κ1) is 12.9. The third kappa shape index (κ3) is 2.21. The summed E-state index contributed by atoms with van der Waals surface area (Å²) < 4.78 is 6.44. The normalized spacial score (nSPS) is 11.1. The number of halogens is 1. The largest absolute Gasteiger partial charge is 0.378 e. The number of nitrogens with one attached hydrogen (secondary N) is 1. The van der Waals surface area contributed by atoms with Gasteiger partial charge in [0.1, 0.15) is 0 Å². The summed E-state index contributed by atoms with van der Waals surface area (Å²) in [5.41, 5.74) is 2.80. The molecule has 0 fully saturated rings. The molecule has 20 heavy (non-hydrogen) atoms. The van der Waals surface area contributed by atoms with Crippen LogP contribution < -0.4 is 5.56 Å². The maximum absolute atomic E-state index is 12.0. The van der Waals surface area contributed by atoms with Crippen LogP contribution in [0.1, 0.15) is 5.69 Å². The fourth-order valence-electron chi connectivity index (χ4n) is 2.09. The minimum absolute atomic E-state index is 0.165. The molecular weight excluding hydrogens is 278 g/mol. The van der Waals surface area contributed by atoms with Crippen LogP contribution in [0.4, 0.5) is 0 Å². The van der Waals surface area contributed by atoms with E-state index in [2.05, 4.69) is 10.1 Å². The average molecular weight is 290 g/mol. The first-order valence-corrected chi connectivity index (χ1v) is 6.42. The van der Waals surface area contributed by atoms with Crippen LogP contribution in [-0.2, 0) is 11.3 Å². The quantitative estimate of drug-likeness (QED) is 0.806. The fourth-order valence-corrected chi connectivity index (χ4v) is 2.22. The van der Waals surface area contributed by atoms with Gasteiger partial charge >= 0.3 is 0 Å². The van der Waals surface area contributed by atoms with Gasteiger partial charge in [-0.2, -0.15) is 0 Å². The highest BCUT2D eigenvalue weighted by atomic mass is 35.5. The van der Waals surface area contributed by atoms with Crippen LogP contribution in [-0.4, -0.2) is 21.7 Å². The van der Waals surface area contributed by atoms with E-state index in [0.717, 1.165) is 11.1 Å². The molecule has 0 unspecified atom stereocenters. The van der Waals surface area contributed by atoms with E-state index in [-0.39, 0.29) is 5.56 Å². The second-order valence-corrected chi connectivity index (χ2v) is 4.81. The lowest BCUT2D eigenvalue weighted by Gasteiger charge is -2.02. The molecule has 2 heterocycles. The number of H-pyrrole nitrogens is 1. The van der Waals surface area contributed by atoms with Crippen molar-refractivity contribution in [1.82, 2.24) is 14.6 Å². The van der Waals surface area contributed by atoms with Crippen molar-refractivity contribution in [3.8, 4) is 11.1 Å². The van der Waals surface area contributed by atoms with E-state index >= 15 is 0 Å². The molecule has 3 aromatic rings. The predicted molar refractivity (Wildman–Crippen MR) is 77.0 cm³/mol. The Hall–Kier alpha value is -2.11. The van der Waals surface area contributed by atoms with E-state index in [9.17, 15) is 4.79 Å². The fraction of sp³-hybridized carbons (Fsp3) is 0.143. The number of hydrogen-bond acceptors (Lipinski definition) is 3. The van der Waals surface area contributed by atoms with Gasteiger partial charge in [-0.15, -0.1) is 0 Å². The van der Waals surface area contributed by atoms with Gasteiger partial charge in [0.2, 0.25) is 0 Å². The highest BCUT2D eigenvalue weighted by Gasteiger charge is 2.10. The highest BCUT2D eigenvalue weighted by Crippen LogP contribution is 2.24. The van der Waals surface area contributed by atoms with E-state index in [1.54, 1.807) is 25.4 Å². The molecule has 1 aromatic carbocycles. The summed E-state index contributed by atoms with van der Waals surface area (Å²) in [6.45, 7) is 0.303. The standard InChI is InChI=1S/C14H12ClN3O2/c1-20-8-11-6-13(19)18-14(17-11)12(7-16-18)9-2-4-10(15)5-3-9/h2-7,16H,8H2,1H3. The summed E-state index contributed by atoms with van der Waals surface area (Å²) in [5.74, 6) is 0. The van der Waals surface area contributed by atoms with Gasteiger partial charge in [-0.1, -0.05) is 23.7 Å². The van der Waals surface area contributed by atoms with Gasteiger partial charge in [-0.3, -0.25) is 9.89 Å². The molecule has 0 bridgehead atoms. The molecule has 0 aliphatic carbocycles. The lowest BCUT2D eigenvalue weighted by atomic mass is 10.1. The Labute approximate surface area is 119 Å². The monoisotopic (exact) mass is 289 g/mol. The minimum atomic E-state index is -0.165. The Bertz CT molecular complexity index is 805. The van der Waals surface area contributed by atoms with Crippen molar-refractivity contribution in [3.63, 3.8) is 0 Å². The van der Waals surface area contributed by atoms with Crippen molar-refractivity contribution in [3.05, 3.63) is 57.6 Å². The molecule has 0 radical (unpaired) electrons. The van der Waals surface area contributed by atoms with Crippen LogP contribution in [0.3, 0.4) is 0 Å². The van der Waals surface area contributed by atoms with Crippen LogP contribution in [0.15, 0.2) is 41.3 Å². The molecule has 0 aliphatic heterocycles. The van der Waals surface area contributed by atoms with Gasteiger partial charge in [-0.25, -0.2) is 9.50 Å². The third-order valence-corrected chi connectivity index (χ3v) is 3.25. The molecule has 0 spiro atoms. The summed E-state index contributed by atoms with van der Waals surface area (Å²) in [5, 5.41) is 3.57. The van der Waals surface area contributed by atoms with Crippen LogP contribution in [0.25, 0.3) is 16.8 Å². The molecular formula is C14H12ClN3O2. The molecule has 0 aliphatic rings. The van der Waals surface area contributed by atoms with Crippen LogP contribution in [0, 0.1) is 0 Å². The van der Waals surface area contributed by atoms with Gasteiger partial charge in [-0.05, 0) is 17.7 Å². The number of hydrogen-bond donors (Lipinski definition) is 1. The molecule has 0 saturated carbocycles. The number of nitrogens with zero attached hydrogens (tertiary/aromatic N) is 2. The van der Waals surface area contributed by atoms with Crippen molar-refractivity contribution >= 4 is 17.2 Å². The average Bonchev–Trinajstić information content (AvgIpc) is 2.84. The molecule has 102 valence electrons. The van der Waals surface area contributed by atoms with E-state index in [0.29, 0.717) is 23.0 Å². The smallest absolute Gasteiger partial charge is 0.272 e. The molecule has 2 aromatic heterocycles. The second kappa shape index (κ2) is 5.11. The minimum Gasteiger partial charge on any atom is -0.378 e. The Morgan fingerprint density at radius 2 is 2.10 bits per heavy atom. The number of benzene rings is 1. The van der Waals surface area contributed by atoms with Crippen molar-refractivity contribution in [2.24, 2.45) is 0 Å². The Morgan fingerprint density at radius 3 is 2.80 bits per heavy atom. The molecule has 3 rings (SSSR count). The Kier molecular flexibility index (Phi) is 3.30. The third-order valence-electron chi connectivity index (χ3n) is 3.00. The maximum atomic E-state index is 12.0. The van der Waals surface area contributed by atoms with Crippen molar-refractivity contribution in [2.45, 2.75) is 6.61 Å². The predicted octanol–water partition coefficient (Wildman–Crippen LogP) is 2.49. The van der Waals surface area contributed by atoms with Gasteiger partial charge in [0.25, 0.3) is 5.56 Å². The zero-order valence-electron chi connectivity index (χ0n) is 10.8. The van der Waals surface area contributed by atoms with E-state index < -0.39 is 0 Å². The summed E-state index contributed by atoms with van der Waals surface area (Å²) in [6.07, 6.45) is 1.75. The summed E-state index contributed by atoms with van der Waals surface area (Å²) in [4.78, 5) is 16.4. The van der Waals surface area contributed by atoms with Crippen molar-refractivity contribution in [1.29, 1.82) is 0 Å². The first-order valence-electron chi connectivity index (χ1n) is 6.04. The van der Waals surface area contributed by atoms with Crippen molar-refractivity contribution < 1.29 is 4.74 Å². The van der Waals surface area contributed by atoms with Gasteiger partial charge in [0, 0.05) is 30.0 Å². The molecule has 6 heteroatoms. The first-order chi connectivity index (χ1) is 9.69. The van der Waals surface area contributed by atoms with Crippen molar-refractivity contribution in [2.75, 3.05) is 7.11 Å². The Balaban J connectivity index is 2.21. The van der Waals surface area contributed by atoms with Gasteiger partial charge in [0.05, 0.1) is 12.3 Å².